The molecular weight excluding hydrogens is 418 g/mol. The maximum Gasteiger partial charge on any atom is 0.332 e. The number of rotatable bonds is 4. The van der Waals surface area contributed by atoms with Crippen molar-refractivity contribution in [2.45, 2.75) is 6.42 Å². The highest BCUT2D eigenvalue weighted by Crippen LogP contribution is 2.26. The van der Waals surface area contributed by atoms with Gasteiger partial charge in [-0.25, -0.2) is 18.6 Å². The van der Waals surface area contributed by atoms with Crippen molar-refractivity contribution >= 4 is 33.4 Å². The van der Waals surface area contributed by atoms with Gasteiger partial charge in [0.1, 0.15) is 11.0 Å². The molecule has 9 nitrogen and oxygen atoms in total. The Morgan fingerprint density at radius 3 is 2.70 bits per heavy atom. The molecular formula is C18H14F2N6O3S. The first-order chi connectivity index (χ1) is 14.3. The lowest BCUT2D eigenvalue weighted by Crippen LogP contribution is -2.37. The number of amides is 1. The third-order valence-electron chi connectivity index (χ3n) is 4.54. The summed E-state index contributed by atoms with van der Waals surface area (Å²) in [4.78, 5) is 41.0. The zero-order valence-corrected chi connectivity index (χ0v) is 16.5. The van der Waals surface area contributed by atoms with Crippen molar-refractivity contribution in [3.8, 4) is 11.3 Å². The summed E-state index contributed by atoms with van der Waals surface area (Å²) in [5.74, 6) is -2.43. The standard InChI is InChI=1S/C18H14F2N6O3S/c1-25-15-14(16(28)26(2)18(25)29)11(23-24-15)6-13(27)22-17-21-12(7-30-17)8-3-4-9(19)10(20)5-8/h3-5,7H,6H2,1-2H3,(H,23,24)(H,21,22,27). The molecule has 0 bridgehead atoms. The van der Waals surface area contributed by atoms with E-state index in [9.17, 15) is 23.2 Å². The van der Waals surface area contributed by atoms with Crippen LogP contribution >= 0.6 is 11.3 Å². The van der Waals surface area contributed by atoms with E-state index in [0.29, 0.717) is 11.3 Å². The first-order valence-electron chi connectivity index (χ1n) is 8.60. The molecule has 1 aromatic carbocycles. The summed E-state index contributed by atoms with van der Waals surface area (Å²) >= 11 is 1.11. The number of halogens is 2. The minimum Gasteiger partial charge on any atom is -0.302 e. The lowest BCUT2D eigenvalue weighted by molar-refractivity contribution is -0.115. The molecule has 2 N–H and O–H groups in total. The van der Waals surface area contributed by atoms with Gasteiger partial charge < -0.3 is 5.32 Å². The first-order valence-corrected chi connectivity index (χ1v) is 9.48. The van der Waals surface area contributed by atoms with Crippen LogP contribution in [0.1, 0.15) is 5.69 Å². The van der Waals surface area contributed by atoms with Crippen molar-refractivity contribution in [2.75, 3.05) is 5.32 Å². The molecule has 4 aromatic rings. The third kappa shape index (κ3) is 3.30. The average molecular weight is 432 g/mol. The molecule has 0 saturated carbocycles. The number of fused-ring (bicyclic) bond motifs is 1. The van der Waals surface area contributed by atoms with Crippen molar-refractivity contribution in [3.05, 3.63) is 61.7 Å². The number of aromatic nitrogens is 5. The molecule has 154 valence electrons. The number of H-pyrrole nitrogens is 1. The lowest BCUT2D eigenvalue weighted by Gasteiger charge is -2.03. The molecule has 0 radical (unpaired) electrons. The van der Waals surface area contributed by atoms with E-state index >= 15 is 0 Å². The minimum absolute atomic E-state index is 0.149. The summed E-state index contributed by atoms with van der Waals surface area (Å²) in [5.41, 5.74) is 0.0905. The number of benzene rings is 1. The molecule has 4 rings (SSSR count). The predicted octanol–water partition coefficient (Wildman–Crippen LogP) is 1.54. The number of carbonyl (C=O) groups is 1. The van der Waals surface area contributed by atoms with Crippen molar-refractivity contribution in [3.63, 3.8) is 0 Å². The van der Waals surface area contributed by atoms with Crippen LogP contribution in [-0.4, -0.2) is 30.2 Å². The van der Waals surface area contributed by atoms with Gasteiger partial charge in [0.2, 0.25) is 5.91 Å². The maximum atomic E-state index is 13.4. The Bertz CT molecular complexity index is 1420. The largest absolute Gasteiger partial charge is 0.332 e. The molecule has 1 amide bonds. The van der Waals surface area contributed by atoms with Gasteiger partial charge in [-0.15, -0.1) is 11.3 Å². The Balaban J connectivity index is 1.56. The number of hydrogen-bond donors (Lipinski definition) is 2. The van der Waals surface area contributed by atoms with E-state index in [1.54, 1.807) is 5.38 Å². The molecule has 0 unspecified atom stereocenters. The molecule has 0 atom stereocenters. The van der Waals surface area contributed by atoms with Gasteiger partial charge in [-0.3, -0.25) is 23.8 Å². The fraction of sp³-hybridized carbons (Fsp3) is 0.167. The molecule has 0 saturated heterocycles. The monoisotopic (exact) mass is 432 g/mol. The van der Waals surface area contributed by atoms with E-state index in [-0.39, 0.29) is 28.3 Å². The van der Waals surface area contributed by atoms with Crippen LogP contribution in [0.4, 0.5) is 13.9 Å². The van der Waals surface area contributed by atoms with E-state index in [2.05, 4.69) is 20.5 Å². The fourth-order valence-electron chi connectivity index (χ4n) is 2.97. The van der Waals surface area contributed by atoms with Crippen molar-refractivity contribution < 1.29 is 13.6 Å². The van der Waals surface area contributed by atoms with Gasteiger partial charge in [-0.2, -0.15) is 5.10 Å². The number of hydrogen-bond acceptors (Lipinski definition) is 6. The highest BCUT2D eigenvalue weighted by atomic mass is 32.1. The van der Waals surface area contributed by atoms with Gasteiger partial charge in [-0.1, -0.05) is 0 Å². The topological polar surface area (TPSA) is 115 Å². The lowest BCUT2D eigenvalue weighted by atomic mass is 10.2. The molecule has 3 heterocycles. The number of carbonyl (C=O) groups excluding carboxylic acids is 1. The van der Waals surface area contributed by atoms with Crippen LogP contribution in [0.25, 0.3) is 22.3 Å². The van der Waals surface area contributed by atoms with Gasteiger partial charge in [-0.05, 0) is 18.2 Å². The molecule has 3 aromatic heterocycles. The number of aromatic amines is 1. The van der Waals surface area contributed by atoms with Gasteiger partial charge in [0.15, 0.2) is 16.8 Å². The van der Waals surface area contributed by atoms with Crippen LogP contribution in [0.5, 0.6) is 0 Å². The highest BCUT2D eigenvalue weighted by Gasteiger charge is 2.19. The van der Waals surface area contributed by atoms with Gasteiger partial charge in [0, 0.05) is 25.0 Å². The van der Waals surface area contributed by atoms with Crippen molar-refractivity contribution in [1.29, 1.82) is 0 Å². The van der Waals surface area contributed by atoms with E-state index in [1.165, 1.54) is 24.7 Å². The Morgan fingerprint density at radius 1 is 1.20 bits per heavy atom. The van der Waals surface area contributed by atoms with Crippen LogP contribution in [-0.2, 0) is 25.3 Å². The average Bonchev–Trinajstić information content (AvgIpc) is 3.34. The number of aryl methyl sites for hydroxylation is 1. The Kier molecular flexibility index (Phi) is 4.78. The van der Waals surface area contributed by atoms with Gasteiger partial charge in [0.05, 0.1) is 17.8 Å². The summed E-state index contributed by atoms with van der Waals surface area (Å²) < 4.78 is 28.7. The highest BCUT2D eigenvalue weighted by molar-refractivity contribution is 7.14. The third-order valence-corrected chi connectivity index (χ3v) is 5.30. The Hall–Kier alpha value is -3.67. The summed E-state index contributed by atoms with van der Waals surface area (Å²) in [6, 6.07) is 3.40. The molecule has 12 heteroatoms. The number of nitrogens with zero attached hydrogens (tertiary/aromatic N) is 4. The molecule has 0 aliphatic carbocycles. The number of thiazole rings is 1. The summed E-state index contributed by atoms with van der Waals surface area (Å²) in [6.07, 6.45) is -0.229. The van der Waals surface area contributed by atoms with Crippen molar-refractivity contribution in [1.82, 2.24) is 24.3 Å². The van der Waals surface area contributed by atoms with E-state index in [1.807, 2.05) is 0 Å². The molecule has 0 spiro atoms. The fourth-order valence-corrected chi connectivity index (χ4v) is 3.71. The van der Waals surface area contributed by atoms with Crippen LogP contribution in [0.3, 0.4) is 0 Å². The maximum absolute atomic E-state index is 13.4. The molecule has 0 fully saturated rings. The molecule has 0 aliphatic rings. The zero-order chi connectivity index (χ0) is 21.6. The second-order valence-corrected chi connectivity index (χ2v) is 7.35. The SMILES string of the molecule is Cn1c(=O)c2c(CC(=O)Nc3nc(-c4ccc(F)c(F)c4)cs3)n[nH]c2n(C)c1=O. The second-order valence-electron chi connectivity index (χ2n) is 6.49. The zero-order valence-electron chi connectivity index (χ0n) is 15.7. The first kappa shape index (κ1) is 19.6. The molecule has 0 aliphatic heterocycles. The number of anilines is 1. The van der Waals surface area contributed by atoms with Crippen LogP contribution in [0.2, 0.25) is 0 Å². The summed E-state index contributed by atoms with van der Waals surface area (Å²) in [5, 5.41) is 11.2. The second kappa shape index (κ2) is 7.30. The Labute approximate surface area is 170 Å². The summed E-state index contributed by atoms with van der Waals surface area (Å²) in [6.45, 7) is 0. The normalized spacial score (nSPS) is 11.2. The quantitative estimate of drug-likeness (QED) is 0.508. The molecule has 30 heavy (non-hydrogen) atoms. The van der Waals surface area contributed by atoms with Crippen LogP contribution in [0, 0.1) is 11.6 Å². The van der Waals surface area contributed by atoms with Crippen LogP contribution < -0.4 is 16.6 Å². The van der Waals surface area contributed by atoms with E-state index in [0.717, 1.165) is 28.0 Å². The predicted molar refractivity (Wildman–Crippen MR) is 106 cm³/mol. The van der Waals surface area contributed by atoms with E-state index < -0.39 is 28.8 Å². The summed E-state index contributed by atoms with van der Waals surface area (Å²) in [7, 11) is 2.83. The van der Waals surface area contributed by atoms with Crippen LogP contribution in [0.15, 0.2) is 33.2 Å². The minimum atomic E-state index is -0.993. The number of nitrogens with one attached hydrogen (secondary N) is 2. The Morgan fingerprint density at radius 2 is 1.97 bits per heavy atom. The van der Waals surface area contributed by atoms with Gasteiger partial charge >= 0.3 is 5.69 Å². The van der Waals surface area contributed by atoms with Crippen molar-refractivity contribution in [2.24, 2.45) is 14.1 Å². The van der Waals surface area contributed by atoms with E-state index in [4.69, 9.17) is 0 Å². The van der Waals surface area contributed by atoms with Gasteiger partial charge in [0.25, 0.3) is 5.56 Å². The smallest absolute Gasteiger partial charge is 0.302 e.